The zero-order valence-corrected chi connectivity index (χ0v) is 13.5. The summed E-state index contributed by atoms with van der Waals surface area (Å²) >= 11 is 0. The maximum Gasteiger partial charge on any atom is 0.221 e. The van der Waals surface area contributed by atoms with Crippen LogP contribution in [0.2, 0.25) is 0 Å². The highest BCUT2D eigenvalue weighted by Crippen LogP contribution is 2.27. The van der Waals surface area contributed by atoms with E-state index in [2.05, 4.69) is 58.7 Å². The lowest BCUT2D eigenvalue weighted by atomic mass is 10.1. The Bertz CT molecular complexity index is 639. The fourth-order valence-electron chi connectivity index (χ4n) is 3.13. The van der Waals surface area contributed by atoms with Crippen LogP contribution in [0.1, 0.15) is 24.0 Å². The van der Waals surface area contributed by atoms with E-state index in [-0.39, 0.29) is 5.91 Å². The van der Waals surface area contributed by atoms with Crippen LogP contribution in [0.4, 0.5) is 5.69 Å². The van der Waals surface area contributed by atoms with Crippen LogP contribution in [0.15, 0.2) is 54.6 Å². The van der Waals surface area contributed by atoms with Crippen molar-refractivity contribution in [2.45, 2.75) is 25.7 Å². The summed E-state index contributed by atoms with van der Waals surface area (Å²) in [7, 11) is 0. The molecule has 3 rings (SSSR count). The zero-order chi connectivity index (χ0) is 15.9. The van der Waals surface area contributed by atoms with Gasteiger partial charge in [-0.05, 0) is 36.5 Å². The summed E-state index contributed by atoms with van der Waals surface area (Å²) in [5, 5.41) is 3.04. The first kappa shape index (κ1) is 15.6. The molecule has 0 aliphatic carbocycles. The Kier molecular flexibility index (Phi) is 5.30. The van der Waals surface area contributed by atoms with Gasteiger partial charge in [-0.1, -0.05) is 48.5 Å². The molecule has 23 heavy (non-hydrogen) atoms. The van der Waals surface area contributed by atoms with Gasteiger partial charge in [-0.3, -0.25) is 4.79 Å². The number of hydrogen-bond acceptors (Lipinski definition) is 2. The van der Waals surface area contributed by atoms with Gasteiger partial charge in [0.2, 0.25) is 5.91 Å². The van der Waals surface area contributed by atoms with Gasteiger partial charge in [-0.25, -0.2) is 0 Å². The van der Waals surface area contributed by atoms with Crippen molar-refractivity contribution in [2.24, 2.45) is 0 Å². The standard InChI is InChI=1S/C20H24N2O/c23-20(21-14-6-9-17-7-2-1-3-8-17)13-16-22-15-12-18-10-4-5-11-19(18)22/h1-5,7-8,10-11H,6,9,12-16H2,(H,21,23). The van der Waals surface area contributed by atoms with Gasteiger partial charge in [0.05, 0.1) is 0 Å². The smallest absolute Gasteiger partial charge is 0.221 e. The molecule has 0 fully saturated rings. The van der Waals surface area contributed by atoms with Crippen molar-refractivity contribution in [1.82, 2.24) is 5.32 Å². The number of anilines is 1. The number of carbonyl (C=O) groups is 1. The topological polar surface area (TPSA) is 32.3 Å². The van der Waals surface area contributed by atoms with E-state index >= 15 is 0 Å². The number of nitrogens with one attached hydrogen (secondary N) is 1. The van der Waals surface area contributed by atoms with Gasteiger partial charge >= 0.3 is 0 Å². The Morgan fingerprint density at radius 3 is 2.70 bits per heavy atom. The number of carbonyl (C=O) groups excluding carboxylic acids is 1. The Labute approximate surface area is 138 Å². The molecular formula is C20H24N2O. The molecule has 0 radical (unpaired) electrons. The van der Waals surface area contributed by atoms with Crippen molar-refractivity contribution in [3.63, 3.8) is 0 Å². The number of nitrogens with zero attached hydrogens (tertiary/aromatic N) is 1. The third-order valence-corrected chi connectivity index (χ3v) is 4.40. The fraction of sp³-hybridized carbons (Fsp3) is 0.350. The third kappa shape index (κ3) is 4.35. The number of para-hydroxylation sites is 1. The summed E-state index contributed by atoms with van der Waals surface area (Å²) in [5.74, 6) is 0.155. The molecule has 1 N–H and O–H groups in total. The van der Waals surface area contributed by atoms with Crippen LogP contribution in [0.3, 0.4) is 0 Å². The lowest BCUT2D eigenvalue weighted by Crippen LogP contribution is -2.30. The molecule has 3 heteroatoms. The van der Waals surface area contributed by atoms with Crippen LogP contribution < -0.4 is 10.2 Å². The number of fused-ring (bicyclic) bond motifs is 1. The molecule has 0 spiro atoms. The minimum absolute atomic E-state index is 0.155. The molecule has 1 heterocycles. The van der Waals surface area contributed by atoms with Gasteiger partial charge in [0, 0.05) is 31.7 Å². The van der Waals surface area contributed by atoms with E-state index < -0.39 is 0 Å². The summed E-state index contributed by atoms with van der Waals surface area (Å²) in [6.07, 6.45) is 3.66. The van der Waals surface area contributed by atoms with Crippen LogP contribution in [0, 0.1) is 0 Å². The molecule has 3 nitrogen and oxygen atoms in total. The summed E-state index contributed by atoms with van der Waals surface area (Å²) in [5.41, 5.74) is 4.02. The molecule has 1 aliphatic heterocycles. The Hall–Kier alpha value is -2.29. The minimum atomic E-state index is 0.155. The van der Waals surface area contributed by atoms with Crippen LogP contribution in [0.25, 0.3) is 0 Å². The highest BCUT2D eigenvalue weighted by Gasteiger charge is 2.18. The molecular weight excluding hydrogens is 284 g/mol. The molecule has 0 bridgehead atoms. The molecule has 120 valence electrons. The van der Waals surface area contributed by atoms with E-state index in [9.17, 15) is 4.79 Å². The van der Waals surface area contributed by atoms with Crippen LogP contribution in [0.5, 0.6) is 0 Å². The fourth-order valence-corrected chi connectivity index (χ4v) is 3.13. The summed E-state index contributed by atoms with van der Waals surface area (Å²) < 4.78 is 0. The van der Waals surface area contributed by atoms with Crippen molar-refractivity contribution in [1.29, 1.82) is 0 Å². The highest BCUT2D eigenvalue weighted by molar-refractivity contribution is 5.76. The average molecular weight is 308 g/mol. The molecule has 0 unspecified atom stereocenters. The molecule has 0 saturated heterocycles. The summed E-state index contributed by atoms with van der Waals surface area (Å²) in [4.78, 5) is 14.3. The lowest BCUT2D eigenvalue weighted by molar-refractivity contribution is -0.120. The van der Waals surface area contributed by atoms with Gasteiger partial charge in [0.25, 0.3) is 0 Å². The van der Waals surface area contributed by atoms with Crippen LogP contribution in [-0.4, -0.2) is 25.5 Å². The number of rotatable bonds is 7. The summed E-state index contributed by atoms with van der Waals surface area (Å²) in [6, 6.07) is 18.9. The normalized spacial score (nSPS) is 13.0. The Balaban J connectivity index is 1.34. The van der Waals surface area contributed by atoms with E-state index in [0.29, 0.717) is 6.42 Å². The molecule has 1 amide bonds. The van der Waals surface area contributed by atoms with Gasteiger partial charge < -0.3 is 10.2 Å². The lowest BCUT2D eigenvalue weighted by Gasteiger charge is -2.18. The van der Waals surface area contributed by atoms with Crippen molar-refractivity contribution in [2.75, 3.05) is 24.5 Å². The quantitative estimate of drug-likeness (QED) is 0.797. The number of benzene rings is 2. The predicted octanol–water partition coefficient (Wildman–Crippen LogP) is 3.19. The molecule has 2 aromatic rings. The highest BCUT2D eigenvalue weighted by atomic mass is 16.1. The number of aryl methyl sites for hydroxylation is 1. The third-order valence-electron chi connectivity index (χ3n) is 4.40. The van der Waals surface area contributed by atoms with Gasteiger partial charge in [0.15, 0.2) is 0 Å². The SMILES string of the molecule is O=C(CCN1CCc2ccccc21)NCCCc1ccccc1. The monoisotopic (exact) mass is 308 g/mol. The second kappa shape index (κ2) is 7.82. The maximum atomic E-state index is 12.0. The van der Waals surface area contributed by atoms with Crippen LogP contribution in [-0.2, 0) is 17.6 Å². The van der Waals surface area contributed by atoms with E-state index in [0.717, 1.165) is 38.9 Å². The van der Waals surface area contributed by atoms with E-state index in [4.69, 9.17) is 0 Å². The Morgan fingerprint density at radius 1 is 1.04 bits per heavy atom. The van der Waals surface area contributed by atoms with E-state index in [1.807, 2.05) is 6.07 Å². The van der Waals surface area contributed by atoms with E-state index in [1.165, 1.54) is 16.8 Å². The largest absolute Gasteiger partial charge is 0.370 e. The average Bonchev–Trinajstić information content (AvgIpc) is 3.01. The second-order valence-corrected chi connectivity index (χ2v) is 6.05. The van der Waals surface area contributed by atoms with Crippen molar-refractivity contribution < 1.29 is 4.79 Å². The van der Waals surface area contributed by atoms with E-state index in [1.54, 1.807) is 0 Å². The van der Waals surface area contributed by atoms with Gasteiger partial charge in [0.1, 0.15) is 0 Å². The summed E-state index contributed by atoms with van der Waals surface area (Å²) in [6.45, 7) is 2.59. The number of amides is 1. The molecule has 1 aliphatic rings. The second-order valence-electron chi connectivity index (χ2n) is 6.05. The first-order valence-corrected chi connectivity index (χ1v) is 8.46. The van der Waals surface area contributed by atoms with Crippen LogP contribution >= 0.6 is 0 Å². The molecule has 0 atom stereocenters. The van der Waals surface area contributed by atoms with Gasteiger partial charge in [-0.2, -0.15) is 0 Å². The molecule has 2 aromatic carbocycles. The number of hydrogen-bond donors (Lipinski definition) is 1. The Morgan fingerprint density at radius 2 is 1.83 bits per heavy atom. The van der Waals surface area contributed by atoms with Crippen molar-refractivity contribution in [3.05, 3.63) is 65.7 Å². The van der Waals surface area contributed by atoms with Crippen molar-refractivity contribution in [3.8, 4) is 0 Å². The molecule has 0 saturated carbocycles. The first-order valence-electron chi connectivity index (χ1n) is 8.46. The zero-order valence-electron chi connectivity index (χ0n) is 13.5. The molecule has 0 aromatic heterocycles. The minimum Gasteiger partial charge on any atom is -0.370 e. The maximum absolute atomic E-state index is 12.0. The van der Waals surface area contributed by atoms with Crippen molar-refractivity contribution >= 4 is 11.6 Å². The first-order chi connectivity index (χ1) is 11.3. The van der Waals surface area contributed by atoms with Gasteiger partial charge in [-0.15, -0.1) is 0 Å². The predicted molar refractivity (Wildman–Crippen MR) is 94.7 cm³/mol.